The summed E-state index contributed by atoms with van der Waals surface area (Å²) < 4.78 is 10.7. The molecule has 0 spiro atoms. The highest BCUT2D eigenvalue weighted by Gasteiger charge is 2.12. The number of anilines is 1. The third kappa shape index (κ3) is 2.94. The molecule has 23 heavy (non-hydrogen) atoms. The molecule has 120 valence electrons. The highest BCUT2D eigenvalue weighted by molar-refractivity contribution is 7.18. The van der Waals surface area contributed by atoms with E-state index in [0.29, 0.717) is 6.54 Å². The Bertz CT molecular complexity index is 845. The lowest BCUT2D eigenvalue weighted by molar-refractivity contribution is 0.391. The maximum Gasteiger partial charge on any atom is 0.138 e. The first kappa shape index (κ1) is 15.6. The Morgan fingerprint density at radius 2 is 1.96 bits per heavy atom. The normalized spacial score (nSPS) is 10.8. The zero-order valence-corrected chi connectivity index (χ0v) is 14.5. The second-order valence-corrected chi connectivity index (χ2v) is 6.42. The van der Waals surface area contributed by atoms with E-state index in [2.05, 4.69) is 29.1 Å². The van der Waals surface area contributed by atoms with Crippen LogP contribution in [0.5, 0.6) is 11.5 Å². The van der Waals surface area contributed by atoms with Crippen LogP contribution in [0.2, 0.25) is 0 Å². The predicted octanol–water partition coefficient (Wildman–Crippen LogP) is 3.94. The van der Waals surface area contributed by atoms with Crippen molar-refractivity contribution in [2.24, 2.45) is 0 Å². The van der Waals surface area contributed by atoms with Crippen LogP contribution in [-0.4, -0.2) is 24.2 Å². The number of aromatic nitrogens is 2. The van der Waals surface area contributed by atoms with Gasteiger partial charge in [-0.1, -0.05) is 0 Å². The number of hydrogen-bond donors (Lipinski definition) is 1. The van der Waals surface area contributed by atoms with Crippen molar-refractivity contribution in [2.75, 3.05) is 19.5 Å². The van der Waals surface area contributed by atoms with Gasteiger partial charge in [-0.25, -0.2) is 9.97 Å². The van der Waals surface area contributed by atoms with Gasteiger partial charge < -0.3 is 14.8 Å². The molecule has 6 heteroatoms. The molecule has 1 N–H and O–H groups in total. The summed E-state index contributed by atoms with van der Waals surface area (Å²) in [6.45, 7) is 4.84. The molecule has 0 saturated heterocycles. The first-order chi connectivity index (χ1) is 11.1. The summed E-state index contributed by atoms with van der Waals surface area (Å²) in [6.07, 6.45) is 1.60. The molecule has 0 saturated carbocycles. The van der Waals surface area contributed by atoms with Gasteiger partial charge in [-0.2, -0.15) is 0 Å². The molecular formula is C17H19N3O2S. The van der Waals surface area contributed by atoms with Crippen molar-refractivity contribution in [2.45, 2.75) is 20.4 Å². The van der Waals surface area contributed by atoms with E-state index in [9.17, 15) is 0 Å². The molecule has 0 fully saturated rings. The summed E-state index contributed by atoms with van der Waals surface area (Å²) in [5, 5.41) is 4.50. The van der Waals surface area contributed by atoms with Crippen molar-refractivity contribution < 1.29 is 9.47 Å². The minimum absolute atomic E-state index is 0.619. The number of rotatable bonds is 5. The van der Waals surface area contributed by atoms with E-state index < -0.39 is 0 Å². The predicted molar refractivity (Wildman–Crippen MR) is 93.8 cm³/mol. The fourth-order valence-corrected chi connectivity index (χ4v) is 3.49. The van der Waals surface area contributed by atoms with Crippen LogP contribution in [-0.2, 0) is 6.54 Å². The van der Waals surface area contributed by atoms with E-state index in [1.807, 2.05) is 18.2 Å². The zero-order chi connectivity index (χ0) is 16.4. The summed E-state index contributed by atoms with van der Waals surface area (Å²) in [4.78, 5) is 11.0. The van der Waals surface area contributed by atoms with E-state index in [-0.39, 0.29) is 0 Å². The Labute approximate surface area is 139 Å². The minimum Gasteiger partial charge on any atom is -0.497 e. The summed E-state index contributed by atoms with van der Waals surface area (Å²) in [5.74, 6) is 2.43. The van der Waals surface area contributed by atoms with E-state index in [1.165, 1.54) is 10.4 Å². The number of benzene rings is 1. The van der Waals surface area contributed by atoms with Crippen LogP contribution in [0.15, 0.2) is 24.5 Å². The first-order valence-electron chi connectivity index (χ1n) is 7.29. The summed E-state index contributed by atoms with van der Waals surface area (Å²) in [6, 6.07) is 5.80. The largest absolute Gasteiger partial charge is 0.497 e. The third-order valence-corrected chi connectivity index (χ3v) is 5.02. The topological polar surface area (TPSA) is 56.3 Å². The van der Waals surface area contributed by atoms with Gasteiger partial charge >= 0.3 is 0 Å². The Balaban J connectivity index is 1.89. The molecule has 3 aromatic rings. The molecule has 0 aliphatic rings. The highest BCUT2D eigenvalue weighted by Crippen LogP contribution is 2.33. The molecule has 1 aromatic carbocycles. The van der Waals surface area contributed by atoms with E-state index in [0.717, 1.165) is 33.1 Å². The summed E-state index contributed by atoms with van der Waals surface area (Å²) >= 11 is 1.69. The van der Waals surface area contributed by atoms with Gasteiger partial charge in [0.1, 0.15) is 28.5 Å². The van der Waals surface area contributed by atoms with Crippen molar-refractivity contribution in [3.05, 3.63) is 40.5 Å². The maximum atomic E-state index is 5.44. The van der Waals surface area contributed by atoms with Crippen LogP contribution in [0.4, 0.5) is 5.82 Å². The highest BCUT2D eigenvalue weighted by atomic mass is 32.1. The lowest BCUT2D eigenvalue weighted by Gasteiger charge is -2.12. The molecule has 2 heterocycles. The Morgan fingerprint density at radius 1 is 1.13 bits per heavy atom. The molecule has 0 unspecified atom stereocenters. The van der Waals surface area contributed by atoms with Gasteiger partial charge in [0, 0.05) is 23.1 Å². The number of ether oxygens (including phenoxy) is 2. The van der Waals surface area contributed by atoms with Gasteiger partial charge in [-0.15, -0.1) is 11.3 Å². The lowest BCUT2D eigenvalue weighted by Crippen LogP contribution is -2.04. The maximum absolute atomic E-state index is 5.44. The van der Waals surface area contributed by atoms with E-state index in [1.54, 1.807) is 31.9 Å². The second-order valence-electron chi connectivity index (χ2n) is 5.22. The molecular weight excluding hydrogens is 310 g/mol. The van der Waals surface area contributed by atoms with Crippen molar-refractivity contribution in [3.63, 3.8) is 0 Å². The molecule has 0 amide bonds. The van der Waals surface area contributed by atoms with Crippen molar-refractivity contribution in [1.29, 1.82) is 0 Å². The first-order valence-corrected chi connectivity index (χ1v) is 8.11. The quantitative estimate of drug-likeness (QED) is 0.768. The lowest BCUT2D eigenvalue weighted by atomic mass is 10.1. The van der Waals surface area contributed by atoms with Gasteiger partial charge in [-0.3, -0.25) is 0 Å². The SMILES string of the molecule is COc1ccc(CNc2ncnc3sc(C)c(C)c23)c(OC)c1. The van der Waals surface area contributed by atoms with Gasteiger partial charge in [0.2, 0.25) is 0 Å². The van der Waals surface area contributed by atoms with Crippen molar-refractivity contribution in [3.8, 4) is 11.5 Å². The van der Waals surface area contributed by atoms with Crippen LogP contribution >= 0.6 is 11.3 Å². The van der Waals surface area contributed by atoms with E-state index >= 15 is 0 Å². The van der Waals surface area contributed by atoms with Crippen LogP contribution < -0.4 is 14.8 Å². The number of thiophene rings is 1. The number of aryl methyl sites for hydroxylation is 2. The molecule has 0 atom stereocenters. The fourth-order valence-electron chi connectivity index (χ4n) is 2.49. The van der Waals surface area contributed by atoms with Crippen LogP contribution in [0.1, 0.15) is 16.0 Å². The monoisotopic (exact) mass is 329 g/mol. The third-order valence-electron chi connectivity index (χ3n) is 3.91. The molecule has 0 radical (unpaired) electrons. The standard InChI is InChI=1S/C17H19N3O2S/c1-10-11(2)23-17-15(10)16(19-9-20-17)18-8-12-5-6-13(21-3)7-14(12)22-4/h5-7,9H,8H2,1-4H3,(H,18,19,20). The fraction of sp³-hybridized carbons (Fsp3) is 0.294. The Kier molecular flexibility index (Phi) is 4.34. The number of fused-ring (bicyclic) bond motifs is 1. The number of nitrogens with zero attached hydrogens (tertiary/aromatic N) is 2. The van der Waals surface area contributed by atoms with Gasteiger partial charge in [-0.05, 0) is 31.5 Å². The second kappa shape index (κ2) is 6.42. The Hall–Kier alpha value is -2.34. The molecule has 3 rings (SSSR count). The van der Waals surface area contributed by atoms with Crippen LogP contribution in [0.25, 0.3) is 10.2 Å². The summed E-state index contributed by atoms with van der Waals surface area (Å²) in [5.41, 5.74) is 2.28. The average Bonchev–Trinajstić information content (AvgIpc) is 2.87. The zero-order valence-electron chi connectivity index (χ0n) is 13.6. The van der Waals surface area contributed by atoms with Gasteiger partial charge in [0.25, 0.3) is 0 Å². The molecule has 2 aromatic heterocycles. The van der Waals surface area contributed by atoms with Gasteiger partial charge in [0.05, 0.1) is 19.6 Å². The molecule has 0 aliphatic heterocycles. The number of nitrogens with one attached hydrogen (secondary N) is 1. The summed E-state index contributed by atoms with van der Waals surface area (Å²) in [7, 11) is 3.31. The number of methoxy groups -OCH3 is 2. The average molecular weight is 329 g/mol. The minimum atomic E-state index is 0.619. The van der Waals surface area contributed by atoms with Crippen LogP contribution in [0, 0.1) is 13.8 Å². The van der Waals surface area contributed by atoms with Crippen molar-refractivity contribution >= 4 is 27.4 Å². The van der Waals surface area contributed by atoms with Crippen molar-refractivity contribution in [1.82, 2.24) is 9.97 Å². The van der Waals surface area contributed by atoms with E-state index in [4.69, 9.17) is 9.47 Å². The molecule has 0 aliphatic carbocycles. The molecule has 5 nitrogen and oxygen atoms in total. The Morgan fingerprint density at radius 3 is 2.70 bits per heavy atom. The molecule has 0 bridgehead atoms. The number of hydrogen-bond acceptors (Lipinski definition) is 6. The van der Waals surface area contributed by atoms with Crippen LogP contribution in [0.3, 0.4) is 0 Å². The smallest absolute Gasteiger partial charge is 0.138 e. The van der Waals surface area contributed by atoms with Gasteiger partial charge in [0.15, 0.2) is 0 Å².